The Labute approximate surface area is 781 Å². The highest BCUT2D eigenvalue weighted by atomic mass is 28.3. The quantitative estimate of drug-likeness (QED) is 0.0428. The molecule has 0 saturated carbocycles. The van der Waals surface area contributed by atoms with Crippen molar-refractivity contribution >= 4 is 186 Å². The van der Waals surface area contributed by atoms with E-state index in [9.17, 15) is 0 Å². The van der Waals surface area contributed by atoms with Crippen LogP contribution >= 0.6 is 0 Å². The molecule has 16 heteroatoms. The van der Waals surface area contributed by atoms with Gasteiger partial charge in [-0.25, -0.2) is 35.1 Å². The van der Waals surface area contributed by atoms with Gasteiger partial charge in [0.2, 0.25) is 0 Å². The zero-order chi connectivity index (χ0) is 93.9. The maximum absolute atomic E-state index is 17.1. The van der Waals surface area contributed by atoms with Crippen LogP contribution in [-0.2, 0) is 0 Å². The van der Waals surface area contributed by atoms with Crippen LogP contribution in [0.25, 0.3) is 109 Å². The minimum absolute atomic E-state index is 0.229. The van der Waals surface area contributed by atoms with Gasteiger partial charge < -0.3 is 19.6 Å². The van der Waals surface area contributed by atoms with E-state index in [0.29, 0.717) is 56.1 Å². The molecule has 134 heavy (non-hydrogen) atoms. The summed E-state index contributed by atoms with van der Waals surface area (Å²) in [4.78, 5) is 7.72. The summed E-state index contributed by atoms with van der Waals surface area (Å²) in [6.45, 7) is 31.4. The largest absolute Gasteiger partial charge is 0.307 e. The zero-order valence-electron chi connectivity index (χ0n) is 77.3. The number of halogens is 8. The van der Waals surface area contributed by atoms with Crippen molar-refractivity contribution < 1.29 is 35.1 Å². The number of nitrogens with zero attached hydrogens (tertiary/aromatic N) is 4. The fourth-order valence-corrected chi connectivity index (χ4v) is 24.0. The molecule has 20 rings (SSSR count). The monoisotopic (exact) mass is 1840 g/mol. The Balaban J connectivity index is 0.000000172. The van der Waals surface area contributed by atoms with E-state index in [1.165, 1.54) is 45.0 Å². The summed E-state index contributed by atoms with van der Waals surface area (Å²) in [5, 5.41) is 16.0. The molecule has 0 bridgehead atoms. The Morgan fingerprint density at radius 2 is 0.403 bits per heavy atom. The number of hydrogen-bond acceptors (Lipinski definition) is 4. The van der Waals surface area contributed by atoms with Crippen LogP contribution < -0.4 is 40.3 Å². The molecule has 0 unspecified atom stereocenters. The highest BCUT2D eigenvalue weighted by molar-refractivity contribution is 6.90. The molecule has 0 saturated heterocycles. The van der Waals surface area contributed by atoms with Gasteiger partial charge in [-0.3, -0.25) is 0 Å². The van der Waals surface area contributed by atoms with E-state index in [2.05, 4.69) is 200 Å². The Bertz CT molecular complexity index is 7440. The maximum Gasteiger partial charge on any atom is 0.150 e. The standard InChI is InChI=1S/C60H52F4N2Si2.C58H48F4N2Si2/c1-37-13-9-11-15-47(37)51-33-41(61)35-53(63)59(51)65(43-21-25-45(26-22-43)67(3,4)5)55-31-19-39-18-30-50-56(32-20-40-17-29-49(55)57(39)58(40)50)66(44-23-27-46(28-24-44)68(6,7)8)60-52(34-42(62)36-54(60)64)48-16-12-10-14-38(48)2;1-65(2,3)45-25-21-43(22-26-45)63(57-49(33-41(59)35-51(57)61)37-13-9-7-10-14-37)53-31-19-39-18-30-48-54(32-20-40-17-29-47(53)55(39)56(40)48)64(44-23-27-46(28-24-44)66(4,5)6)58-50(34-42(60)36-52(58)62)38-15-11-8-12-16-38/h9-36H,1-8H3;7-36H,1-6H3. The smallest absolute Gasteiger partial charge is 0.150 e. The minimum Gasteiger partial charge on any atom is -0.307 e. The van der Waals surface area contributed by atoms with E-state index in [-0.39, 0.29) is 22.7 Å². The van der Waals surface area contributed by atoms with Crippen molar-refractivity contribution in [2.24, 2.45) is 0 Å². The van der Waals surface area contributed by atoms with Gasteiger partial charge in [-0.05, 0) is 187 Å². The van der Waals surface area contributed by atoms with Gasteiger partial charge in [0.15, 0.2) is 23.3 Å². The van der Waals surface area contributed by atoms with Crippen LogP contribution in [0.3, 0.4) is 0 Å². The van der Waals surface area contributed by atoms with Crippen molar-refractivity contribution in [3.05, 3.63) is 410 Å². The second kappa shape index (κ2) is 34.9. The lowest BCUT2D eigenvalue weighted by molar-refractivity contribution is 0.584. The van der Waals surface area contributed by atoms with Crippen LogP contribution in [0.1, 0.15) is 11.1 Å². The second-order valence-corrected chi connectivity index (χ2v) is 59.5. The summed E-state index contributed by atoms with van der Waals surface area (Å²) < 4.78 is 130. The summed E-state index contributed by atoms with van der Waals surface area (Å²) in [6, 6.07) is 110. The first kappa shape index (κ1) is 89.2. The molecule has 0 radical (unpaired) electrons. The van der Waals surface area contributed by atoms with Crippen LogP contribution in [0.4, 0.5) is 103 Å². The molecular weight excluding hydrogens is 1740 g/mol. The SMILES string of the molecule is C[Si](C)(C)c1ccc(N(c2c(F)cc(F)cc2-c2ccccc2)c2ccc3ccc4c(N(c5ccc([Si](C)(C)C)cc5)c5c(F)cc(F)cc5-c5ccccc5)ccc5ccc2c3c54)cc1.Cc1ccccc1-c1cc(F)cc(F)c1N(c1ccc([Si](C)(C)C)cc1)c1ccc2ccc3c(N(c4ccc([Si](C)(C)C)cc4)c4c(F)cc(F)cc4-c4ccccc4C)ccc4ccc1c2c43. The second-order valence-electron chi connectivity index (χ2n) is 39.2. The summed E-state index contributed by atoms with van der Waals surface area (Å²) >= 11 is 0. The summed E-state index contributed by atoms with van der Waals surface area (Å²) in [5.41, 5.74) is 13.0. The predicted octanol–water partition coefficient (Wildman–Crippen LogP) is 33.6. The minimum atomic E-state index is -1.72. The van der Waals surface area contributed by atoms with Crippen molar-refractivity contribution in [1.82, 2.24) is 0 Å². The zero-order valence-corrected chi connectivity index (χ0v) is 81.3. The molecule has 0 aliphatic heterocycles. The number of benzene rings is 20. The van der Waals surface area contributed by atoms with E-state index in [1.807, 2.05) is 215 Å². The highest BCUT2D eigenvalue weighted by Crippen LogP contribution is 2.55. The third kappa shape index (κ3) is 16.6. The van der Waals surface area contributed by atoms with Gasteiger partial charge in [-0.2, -0.15) is 0 Å². The molecule has 20 aromatic rings. The molecule has 0 amide bonds. The average molecular weight is 1840 g/mol. The van der Waals surface area contributed by atoms with Gasteiger partial charge in [0.1, 0.15) is 23.3 Å². The lowest BCUT2D eigenvalue weighted by atomic mass is 9.91. The van der Waals surface area contributed by atoms with Gasteiger partial charge in [0.25, 0.3) is 0 Å². The Kier molecular flexibility index (Phi) is 23.2. The molecule has 0 heterocycles. The lowest BCUT2D eigenvalue weighted by Gasteiger charge is -2.32. The molecule has 664 valence electrons. The normalized spacial score (nSPS) is 12.1. The van der Waals surface area contributed by atoms with Crippen molar-refractivity contribution in [2.45, 2.75) is 92.4 Å². The summed E-state index contributed by atoms with van der Waals surface area (Å²) in [5.74, 6) is -5.42. The first-order valence-electron chi connectivity index (χ1n) is 45.4. The molecule has 0 aliphatic carbocycles. The molecule has 0 aromatic heterocycles. The van der Waals surface area contributed by atoms with E-state index in [1.54, 1.807) is 0 Å². The maximum atomic E-state index is 17.1. The Morgan fingerprint density at radius 1 is 0.194 bits per heavy atom. The molecule has 20 aromatic carbocycles. The molecule has 0 atom stereocenters. The molecule has 0 spiro atoms. The lowest BCUT2D eigenvalue weighted by Crippen LogP contribution is -2.37. The van der Waals surface area contributed by atoms with Crippen molar-refractivity contribution in [3.8, 4) is 44.5 Å². The van der Waals surface area contributed by atoms with Crippen LogP contribution in [0.15, 0.2) is 352 Å². The molecule has 0 aliphatic rings. The Morgan fingerprint density at radius 3 is 0.634 bits per heavy atom. The number of hydrogen-bond donors (Lipinski definition) is 0. The summed E-state index contributed by atoms with van der Waals surface area (Å²) in [7, 11) is -6.86. The van der Waals surface area contributed by atoms with E-state index in [0.717, 1.165) is 134 Å². The first-order chi connectivity index (χ1) is 64.1. The van der Waals surface area contributed by atoms with Crippen molar-refractivity contribution in [1.29, 1.82) is 0 Å². The van der Waals surface area contributed by atoms with Gasteiger partial charge in [0, 0.05) is 90.8 Å². The molecular formula is C118H100F8N4Si4. The van der Waals surface area contributed by atoms with Crippen LogP contribution in [0.2, 0.25) is 78.6 Å². The fourth-order valence-electron chi connectivity index (χ4n) is 19.3. The number of anilines is 12. The van der Waals surface area contributed by atoms with Crippen LogP contribution in [0, 0.1) is 60.4 Å². The fraction of sp³-hybridized carbons (Fsp3) is 0.119. The van der Waals surface area contributed by atoms with Gasteiger partial charge >= 0.3 is 0 Å². The van der Waals surface area contributed by atoms with E-state index >= 15 is 35.1 Å². The molecule has 4 nitrogen and oxygen atoms in total. The highest BCUT2D eigenvalue weighted by Gasteiger charge is 2.34. The molecule has 0 fully saturated rings. The number of aryl methyl sites for hydroxylation is 2. The third-order valence-corrected chi connectivity index (χ3v) is 34.5. The third-order valence-electron chi connectivity index (χ3n) is 26.2. The van der Waals surface area contributed by atoms with Gasteiger partial charge in [-0.1, -0.05) is 330 Å². The van der Waals surface area contributed by atoms with Gasteiger partial charge in [-0.15, -0.1) is 0 Å². The van der Waals surface area contributed by atoms with Crippen molar-refractivity contribution in [3.63, 3.8) is 0 Å². The van der Waals surface area contributed by atoms with Crippen LogP contribution in [0.5, 0.6) is 0 Å². The average Bonchev–Trinajstić information content (AvgIpc) is 0.716. The predicted molar refractivity (Wildman–Crippen MR) is 562 cm³/mol. The Hall–Kier alpha value is -14.0. The number of rotatable bonds is 20. The topological polar surface area (TPSA) is 13.0 Å². The first-order valence-corrected chi connectivity index (χ1v) is 59.4. The van der Waals surface area contributed by atoms with Crippen LogP contribution in [-0.4, -0.2) is 32.3 Å². The summed E-state index contributed by atoms with van der Waals surface area (Å²) in [6.07, 6.45) is 0. The van der Waals surface area contributed by atoms with Gasteiger partial charge in [0.05, 0.1) is 77.8 Å². The van der Waals surface area contributed by atoms with Crippen molar-refractivity contribution in [2.75, 3.05) is 19.6 Å². The molecule has 0 N–H and O–H groups in total. The van der Waals surface area contributed by atoms with E-state index in [4.69, 9.17) is 0 Å². The van der Waals surface area contributed by atoms with E-state index < -0.39 is 78.8 Å².